The van der Waals surface area contributed by atoms with Crippen molar-refractivity contribution in [1.82, 2.24) is 14.5 Å². The van der Waals surface area contributed by atoms with Crippen LogP contribution in [-0.2, 0) is 22.6 Å². The third kappa shape index (κ3) is 3.75. The summed E-state index contributed by atoms with van der Waals surface area (Å²) in [4.78, 5) is 29.2. The largest absolute Gasteiger partial charge is 0.481 e. The van der Waals surface area contributed by atoms with E-state index in [0.717, 1.165) is 0 Å². The molecule has 1 amide bonds. The first-order valence-electron chi connectivity index (χ1n) is 6.58. The van der Waals surface area contributed by atoms with Gasteiger partial charge in [-0.15, -0.1) is 0 Å². The molecule has 0 saturated heterocycles. The quantitative estimate of drug-likeness (QED) is 0.829. The lowest BCUT2D eigenvalue weighted by atomic mass is 10.1. The van der Waals surface area contributed by atoms with Crippen molar-refractivity contribution in [2.24, 2.45) is 5.92 Å². The average Bonchev–Trinajstić information content (AvgIpc) is 2.59. The SMILES string of the molecule is CC(C)(C)OC(=O)N1Cc2ncc(Br)n2CC(C(=O)O)C1. The van der Waals surface area contributed by atoms with E-state index in [0.29, 0.717) is 10.4 Å². The molecule has 0 spiro atoms. The fraction of sp³-hybridized carbons (Fsp3) is 0.615. The molecule has 1 aliphatic heterocycles. The molecule has 0 aliphatic carbocycles. The summed E-state index contributed by atoms with van der Waals surface area (Å²) in [5.41, 5.74) is -0.627. The smallest absolute Gasteiger partial charge is 0.410 e. The van der Waals surface area contributed by atoms with Crippen LogP contribution in [-0.4, -0.2) is 43.8 Å². The maximum absolute atomic E-state index is 12.2. The first-order chi connectivity index (χ1) is 9.67. The van der Waals surface area contributed by atoms with E-state index in [4.69, 9.17) is 4.74 Å². The fourth-order valence-electron chi connectivity index (χ4n) is 2.11. The third-order valence-electron chi connectivity index (χ3n) is 3.07. The molecule has 7 nitrogen and oxygen atoms in total. The van der Waals surface area contributed by atoms with Crippen LogP contribution in [0, 0.1) is 5.92 Å². The molecule has 1 unspecified atom stereocenters. The second kappa shape index (κ2) is 5.67. The Kier molecular flexibility index (Phi) is 4.27. The van der Waals surface area contributed by atoms with Crippen molar-refractivity contribution in [3.05, 3.63) is 16.6 Å². The zero-order chi connectivity index (χ0) is 15.8. The molecule has 0 fully saturated rings. The predicted molar refractivity (Wildman–Crippen MR) is 77.7 cm³/mol. The van der Waals surface area contributed by atoms with Crippen LogP contribution >= 0.6 is 15.9 Å². The molecule has 21 heavy (non-hydrogen) atoms. The number of fused-ring (bicyclic) bond motifs is 1. The number of imidazole rings is 1. The van der Waals surface area contributed by atoms with Crippen molar-refractivity contribution in [3.63, 3.8) is 0 Å². The normalized spacial score (nSPS) is 18.9. The molecule has 2 heterocycles. The highest BCUT2D eigenvalue weighted by atomic mass is 79.9. The number of hydrogen-bond donors (Lipinski definition) is 1. The minimum Gasteiger partial charge on any atom is -0.481 e. The van der Waals surface area contributed by atoms with Gasteiger partial charge in [-0.25, -0.2) is 9.78 Å². The molecule has 1 aliphatic rings. The van der Waals surface area contributed by atoms with Gasteiger partial charge in [-0.2, -0.15) is 0 Å². The molecule has 1 aromatic heterocycles. The number of carboxylic acid groups (broad SMARTS) is 1. The molecule has 0 radical (unpaired) electrons. The standard InChI is InChI=1S/C13H18BrN3O4/c1-13(2,3)21-12(20)16-5-8(11(18)19)6-17-9(14)4-15-10(17)7-16/h4,8H,5-7H2,1-3H3,(H,18,19). The second-order valence-electron chi connectivity index (χ2n) is 6.00. The van der Waals surface area contributed by atoms with Crippen LogP contribution in [0.3, 0.4) is 0 Å². The number of nitrogens with zero attached hydrogens (tertiary/aromatic N) is 3. The maximum Gasteiger partial charge on any atom is 0.410 e. The number of carbonyl (C=O) groups is 2. The number of aliphatic carboxylic acids is 1. The first-order valence-corrected chi connectivity index (χ1v) is 7.37. The van der Waals surface area contributed by atoms with Crippen molar-refractivity contribution < 1.29 is 19.4 Å². The summed E-state index contributed by atoms with van der Waals surface area (Å²) in [6, 6.07) is 0. The zero-order valence-corrected chi connectivity index (χ0v) is 13.8. The molecule has 1 N–H and O–H groups in total. The highest BCUT2D eigenvalue weighted by Crippen LogP contribution is 2.23. The molecule has 8 heteroatoms. The number of rotatable bonds is 1. The van der Waals surface area contributed by atoms with E-state index in [1.54, 1.807) is 31.5 Å². The highest BCUT2D eigenvalue weighted by molar-refractivity contribution is 9.10. The molecular weight excluding hydrogens is 342 g/mol. The number of hydrogen-bond acceptors (Lipinski definition) is 4. The highest BCUT2D eigenvalue weighted by Gasteiger charge is 2.32. The Morgan fingerprint density at radius 2 is 2.10 bits per heavy atom. The van der Waals surface area contributed by atoms with Crippen LogP contribution in [0.15, 0.2) is 10.8 Å². The van der Waals surface area contributed by atoms with Gasteiger partial charge in [0.05, 0.1) is 18.7 Å². The number of aromatic nitrogens is 2. The molecular formula is C13H18BrN3O4. The first kappa shape index (κ1) is 15.8. The van der Waals surface area contributed by atoms with E-state index in [1.807, 2.05) is 0 Å². The summed E-state index contributed by atoms with van der Waals surface area (Å²) in [6.45, 7) is 5.91. The minimum atomic E-state index is -0.947. The Morgan fingerprint density at radius 1 is 1.43 bits per heavy atom. The van der Waals surface area contributed by atoms with E-state index < -0.39 is 23.6 Å². The lowest BCUT2D eigenvalue weighted by molar-refractivity contribution is -0.142. The summed E-state index contributed by atoms with van der Waals surface area (Å²) in [6.07, 6.45) is 1.08. The van der Waals surface area contributed by atoms with Crippen LogP contribution in [0.2, 0.25) is 0 Å². The number of halogens is 1. The van der Waals surface area contributed by atoms with E-state index in [9.17, 15) is 14.7 Å². The Labute approximate surface area is 131 Å². The van der Waals surface area contributed by atoms with Gasteiger partial charge in [-0.3, -0.25) is 9.69 Å². The third-order valence-corrected chi connectivity index (χ3v) is 3.70. The zero-order valence-electron chi connectivity index (χ0n) is 12.2. The van der Waals surface area contributed by atoms with E-state index in [1.165, 1.54) is 4.90 Å². The van der Waals surface area contributed by atoms with Gasteiger partial charge >= 0.3 is 12.1 Å². The van der Waals surface area contributed by atoms with Crippen molar-refractivity contribution in [3.8, 4) is 0 Å². The summed E-state index contributed by atoms with van der Waals surface area (Å²) in [5.74, 6) is -1.02. The van der Waals surface area contributed by atoms with Crippen molar-refractivity contribution in [2.45, 2.75) is 39.5 Å². The van der Waals surface area contributed by atoms with Gasteiger partial charge in [-0.05, 0) is 36.7 Å². The van der Waals surface area contributed by atoms with E-state index >= 15 is 0 Å². The number of amides is 1. The molecule has 116 valence electrons. The monoisotopic (exact) mass is 359 g/mol. The van der Waals surface area contributed by atoms with Crippen molar-refractivity contribution in [2.75, 3.05) is 6.54 Å². The summed E-state index contributed by atoms with van der Waals surface area (Å²) in [5, 5.41) is 9.32. The van der Waals surface area contributed by atoms with Gasteiger partial charge in [0.1, 0.15) is 16.0 Å². The Hall–Kier alpha value is -1.57. The van der Waals surface area contributed by atoms with Crippen LogP contribution in [0.4, 0.5) is 4.79 Å². The number of carbonyl (C=O) groups excluding carboxylic acids is 1. The van der Waals surface area contributed by atoms with Gasteiger partial charge in [0, 0.05) is 13.1 Å². The summed E-state index contributed by atoms with van der Waals surface area (Å²) < 4.78 is 7.80. The van der Waals surface area contributed by atoms with Gasteiger partial charge in [0.15, 0.2) is 0 Å². The second-order valence-corrected chi connectivity index (χ2v) is 6.82. The Morgan fingerprint density at radius 3 is 2.67 bits per heavy atom. The molecule has 0 bridgehead atoms. The maximum atomic E-state index is 12.2. The molecule has 2 rings (SSSR count). The van der Waals surface area contributed by atoms with Gasteiger partial charge in [0.2, 0.25) is 0 Å². The summed E-state index contributed by atoms with van der Waals surface area (Å²) in [7, 11) is 0. The molecule has 0 aromatic carbocycles. The van der Waals surface area contributed by atoms with Gasteiger partial charge < -0.3 is 14.4 Å². The van der Waals surface area contributed by atoms with Crippen LogP contribution in [0.1, 0.15) is 26.6 Å². The Bertz CT molecular complexity index is 564. The molecule has 0 saturated carbocycles. The van der Waals surface area contributed by atoms with Crippen molar-refractivity contribution >= 4 is 28.0 Å². The lowest BCUT2D eigenvalue weighted by Crippen LogP contribution is -2.40. The lowest BCUT2D eigenvalue weighted by Gasteiger charge is -2.27. The van der Waals surface area contributed by atoms with E-state index in [-0.39, 0.29) is 19.6 Å². The topological polar surface area (TPSA) is 84.7 Å². The minimum absolute atomic E-state index is 0.0973. The number of ether oxygens (including phenoxy) is 1. The predicted octanol–water partition coefficient (Wildman–Crippen LogP) is 2.10. The van der Waals surface area contributed by atoms with E-state index in [2.05, 4.69) is 20.9 Å². The molecule has 1 atom stereocenters. The van der Waals surface area contributed by atoms with Gasteiger partial charge in [-0.1, -0.05) is 0 Å². The average molecular weight is 360 g/mol. The Balaban J connectivity index is 2.27. The van der Waals surface area contributed by atoms with Crippen molar-refractivity contribution in [1.29, 1.82) is 0 Å². The number of carboxylic acids is 1. The summed E-state index contributed by atoms with van der Waals surface area (Å²) >= 11 is 3.34. The molecule has 1 aromatic rings. The van der Waals surface area contributed by atoms with Gasteiger partial charge in [0.25, 0.3) is 0 Å². The fourth-order valence-corrected chi connectivity index (χ4v) is 2.56. The van der Waals surface area contributed by atoms with Crippen LogP contribution in [0.5, 0.6) is 0 Å². The van der Waals surface area contributed by atoms with Crippen LogP contribution in [0.25, 0.3) is 0 Å². The van der Waals surface area contributed by atoms with Crippen LogP contribution < -0.4 is 0 Å².